The predicted molar refractivity (Wildman–Crippen MR) is 70.2 cm³/mol. The van der Waals surface area contributed by atoms with E-state index in [2.05, 4.69) is 15.6 Å². The number of aromatic nitrogens is 2. The molecule has 2 aromatic heterocycles. The van der Waals surface area contributed by atoms with Gasteiger partial charge in [-0.3, -0.25) is 9.59 Å². The largest absolute Gasteiger partial charge is 0.423 e. The molecular weight excluding hydrogens is 264 g/mol. The summed E-state index contributed by atoms with van der Waals surface area (Å²) in [6, 6.07) is 3.22. The summed E-state index contributed by atoms with van der Waals surface area (Å²) < 4.78 is 0.331. The van der Waals surface area contributed by atoms with Crippen LogP contribution in [0.25, 0.3) is 11.0 Å². The van der Waals surface area contributed by atoms with Crippen molar-refractivity contribution in [1.82, 2.24) is 15.0 Å². The lowest BCUT2D eigenvalue weighted by Gasteiger charge is -2.19. The van der Waals surface area contributed by atoms with E-state index < -0.39 is 23.8 Å². The maximum Gasteiger partial charge on any atom is 0.299 e. The Morgan fingerprint density at radius 3 is 2.70 bits per heavy atom. The van der Waals surface area contributed by atoms with Gasteiger partial charge < -0.3 is 27.3 Å². The highest BCUT2D eigenvalue weighted by Crippen LogP contribution is 2.25. The van der Waals surface area contributed by atoms with Crippen molar-refractivity contribution < 1.29 is 10.0 Å². The molecule has 0 aromatic carbocycles. The summed E-state index contributed by atoms with van der Waals surface area (Å²) in [4.78, 5) is 28.1. The second-order valence-electron chi connectivity index (χ2n) is 4.41. The Labute approximate surface area is 112 Å². The average molecular weight is 276 g/mol. The van der Waals surface area contributed by atoms with Gasteiger partial charge in [-0.2, -0.15) is 0 Å². The Balaban J connectivity index is 2.43. The fourth-order valence-electron chi connectivity index (χ4n) is 2.13. The normalized spacial score (nSPS) is 21.8. The number of hydrogen-bond donors (Lipinski definition) is 5. The van der Waals surface area contributed by atoms with Crippen molar-refractivity contribution in [2.45, 2.75) is 12.3 Å². The Morgan fingerprint density at radius 1 is 1.25 bits per heavy atom. The second-order valence-corrected chi connectivity index (χ2v) is 4.41. The summed E-state index contributed by atoms with van der Waals surface area (Å²) in [5.74, 6) is -0.702. The van der Waals surface area contributed by atoms with Crippen molar-refractivity contribution >= 4 is 22.6 Å². The van der Waals surface area contributed by atoms with Crippen LogP contribution in [0.4, 0.5) is 5.69 Å². The maximum atomic E-state index is 12.1. The maximum absolute atomic E-state index is 12.1. The van der Waals surface area contributed by atoms with E-state index in [1.54, 1.807) is 12.1 Å². The summed E-state index contributed by atoms with van der Waals surface area (Å²) in [7, 11) is 0. The average Bonchev–Trinajstić information content (AvgIpc) is 2.54. The van der Waals surface area contributed by atoms with Crippen LogP contribution in [-0.4, -0.2) is 33.2 Å². The zero-order valence-electron chi connectivity index (χ0n) is 10.2. The third kappa shape index (κ3) is 1.61. The topological polar surface area (TPSA) is 148 Å². The predicted octanol–water partition coefficient (Wildman–Crippen LogP) is -1.64. The molecule has 20 heavy (non-hydrogen) atoms. The lowest BCUT2D eigenvalue weighted by Crippen LogP contribution is -2.55. The molecular formula is C11H12N6O3. The molecule has 2 aromatic rings. The molecule has 0 saturated heterocycles. The van der Waals surface area contributed by atoms with Gasteiger partial charge in [0.1, 0.15) is 17.9 Å². The van der Waals surface area contributed by atoms with E-state index in [9.17, 15) is 14.8 Å². The molecule has 0 fully saturated rings. The van der Waals surface area contributed by atoms with Crippen molar-refractivity contribution in [2.75, 3.05) is 5.32 Å². The SMILES string of the molecule is NC1NC(=O)c2c(c3cccnc3n(O)c2=O)NC1N. The van der Waals surface area contributed by atoms with E-state index in [-0.39, 0.29) is 16.9 Å². The van der Waals surface area contributed by atoms with E-state index in [1.165, 1.54) is 6.20 Å². The smallest absolute Gasteiger partial charge is 0.299 e. The van der Waals surface area contributed by atoms with Gasteiger partial charge in [-0.1, -0.05) is 0 Å². The molecule has 2 atom stereocenters. The van der Waals surface area contributed by atoms with Crippen LogP contribution in [-0.2, 0) is 0 Å². The van der Waals surface area contributed by atoms with E-state index in [1.807, 2.05) is 0 Å². The number of pyridine rings is 2. The molecule has 0 bridgehead atoms. The summed E-state index contributed by atoms with van der Waals surface area (Å²) in [5, 5.41) is 15.4. The van der Waals surface area contributed by atoms with Gasteiger partial charge in [0.05, 0.1) is 5.69 Å². The van der Waals surface area contributed by atoms with Crippen molar-refractivity contribution in [1.29, 1.82) is 0 Å². The van der Waals surface area contributed by atoms with Crippen LogP contribution in [0.15, 0.2) is 23.1 Å². The van der Waals surface area contributed by atoms with Crippen LogP contribution in [0, 0.1) is 0 Å². The van der Waals surface area contributed by atoms with Gasteiger partial charge in [0.2, 0.25) is 0 Å². The van der Waals surface area contributed by atoms with E-state index in [0.29, 0.717) is 10.1 Å². The molecule has 0 saturated carbocycles. The fraction of sp³-hybridized carbons (Fsp3) is 0.182. The van der Waals surface area contributed by atoms with Crippen LogP contribution < -0.4 is 27.7 Å². The molecule has 0 spiro atoms. The first kappa shape index (κ1) is 12.4. The molecule has 3 rings (SSSR count). The minimum Gasteiger partial charge on any atom is -0.423 e. The number of carbonyl (C=O) groups excluding carboxylic acids is 1. The first-order chi connectivity index (χ1) is 9.50. The number of nitrogens with one attached hydrogen (secondary N) is 2. The second kappa shape index (κ2) is 4.18. The van der Waals surface area contributed by atoms with Gasteiger partial charge in [0.25, 0.3) is 11.5 Å². The van der Waals surface area contributed by atoms with E-state index in [4.69, 9.17) is 11.5 Å². The minimum absolute atomic E-state index is 0.0271. The highest BCUT2D eigenvalue weighted by molar-refractivity contribution is 6.07. The zero-order valence-corrected chi connectivity index (χ0v) is 10.2. The molecule has 3 heterocycles. The molecule has 7 N–H and O–H groups in total. The van der Waals surface area contributed by atoms with Crippen molar-refractivity contribution in [3.63, 3.8) is 0 Å². The molecule has 0 radical (unpaired) electrons. The lowest BCUT2D eigenvalue weighted by molar-refractivity contribution is 0.0932. The summed E-state index contributed by atoms with van der Waals surface area (Å²) in [6.45, 7) is 0. The van der Waals surface area contributed by atoms with E-state index in [0.717, 1.165) is 0 Å². The summed E-state index contributed by atoms with van der Waals surface area (Å²) >= 11 is 0. The van der Waals surface area contributed by atoms with E-state index >= 15 is 0 Å². The number of hydrogen-bond acceptors (Lipinski definition) is 7. The summed E-state index contributed by atoms with van der Waals surface area (Å²) in [6.07, 6.45) is -0.228. The highest BCUT2D eigenvalue weighted by Gasteiger charge is 2.30. The number of carbonyl (C=O) groups is 1. The number of nitrogens with zero attached hydrogens (tertiary/aromatic N) is 2. The van der Waals surface area contributed by atoms with Gasteiger partial charge >= 0.3 is 0 Å². The Hall–Kier alpha value is -2.65. The molecule has 1 amide bonds. The van der Waals surface area contributed by atoms with Crippen molar-refractivity contribution in [3.8, 4) is 0 Å². The van der Waals surface area contributed by atoms with Gasteiger partial charge in [0, 0.05) is 11.6 Å². The third-order valence-electron chi connectivity index (χ3n) is 3.14. The standard InChI is InChI=1S/C11H12N6O3/c12-7-8(13)16-10(18)5-6(15-7)4-2-1-3-14-9(4)17(20)11(5)19/h1-3,7-8,15,20H,12-13H2,(H,16,18). The highest BCUT2D eigenvalue weighted by atomic mass is 16.5. The summed E-state index contributed by atoms with van der Waals surface area (Å²) in [5.41, 5.74) is 10.6. The van der Waals surface area contributed by atoms with Gasteiger partial charge in [0.15, 0.2) is 5.65 Å². The van der Waals surface area contributed by atoms with Crippen LogP contribution in [0.5, 0.6) is 0 Å². The van der Waals surface area contributed by atoms with Crippen LogP contribution in [0.2, 0.25) is 0 Å². The number of fused-ring (bicyclic) bond motifs is 3. The molecule has 9 heteroatoms. The molecule has 104 valence electrons. The van der Waals surface area contributed by atoms with Crippen LogP contribution in [0.1, 0.15) is 10.4 Å². The Kier molecular flexibility index (Phi) is 2.59. The monoisotopic (exact) mass is 276 g/mol. The number of anilines is 1. The first-order valence-corrected chi connectivity index (χ1v) is 5.82. The molecule has 1 aliphatic rings. The fourth-order valence-corrected chi connectivity index (χ4v) is 2.13. The lowest BCUT2D eigenvalue weighted by atomic mass is 10.1. The number of rotatable bonds is 0. The molecule has 2 unspecified atom stereocenters. The van der Waals surface area contributed by atoms with Gasteiger partial charge in [-0.05, 0) is 12.1 Å². The Morgan fingerprint density at radius 2 is 1.95 bits per heavy atom. The first-order valence-electron chi connectivity index (χ1n) is 5.82. The number of nitrogens with two attached hydrogens (primary N) is 2. The molecule has 9 nitrogen and oxygen atoms in total. The quantitative estimate of drug-likeness (QED) is 0.362. The van der Waals surface area contributed by atoms with Crippen molar-refractivity contribution in [3.05, 3.63) is 34.2 Å². The third-order valence-corrected chi connectivity index (χ3v) is 3.14. The minimum atomic E-state index is -0.891. The van der Waals surface area contributed by atoms with Gasteiger partial charge in [-0.15, -0.1) is 4.73 Å². The van der Waals surface area contributed by atoms with Gasteiger partial charge in [-0.25, -0.2) is 4.98 Å². The van der Waals surface area contributed by atoms with Crippen molar-refractivity contribution in [2.24, 2.45) is 11.5 Å². The Bertz CT molecular complexity index is 771. The zero-order chi connectivity index (χ0) is 14.4. The molecule has 1 aliphatic heterocycles. The van der Waals surface area contributed by atoms with Crippen LogP contribution in [0.3, 0.4) is 0 Å². The number of amides is 1. The molecule has 0 aliphatic carbocycles. The van der Waals surface area contributed by atoms with Crippen LogP contribution >= 0.6 is 0 Å².